The molecule has 4 nitrogen and oxygen atoms in total. The molecule has 0 heterocycles. The summed E-state index contributed by atoms with van der Waals surface area (Å²) >= 11 is 6.20. The molecule has 0 amide bonds. The van der Waals surface area contributed by atoms with Crippen molar-refractivity contribution in [3.05, 3.63) is 65.2 Å². The van der Waals surface area contributed by atoms with Crippen molar-refractivity contribution in [2.75, 3.05) is 20.8 Å². The van der Waals surface area contributed by atoms with E-state index in [1.54, 1.807) is 37.4 Å². The Morgan fingerprint density at radius 2 is 1.56 bits per heavy atom. The number of ether oxygens (including phenoxy) is 3. The number of halogens is 1. The van der Waals surface area contributed by atoms with E-state index in [1.807, 2.05) is 24.3 Å². The Bertz CT molecular complexity index is 921. The van der Waals surface area contributed by atoms with Gasteiger partial charge in [-0.05, 0) is 30.3 Å². The van der Waals surface area contributed by atoms with Crippen LogP contribution in [-0.2, 0) is 0 Å². The number of ketones is 1. The summed E-state index contributed by atoms with van der Waals surface area (Å²) in [5, 5.41) is 2.41. The van der Waals surface area contributed by atoms with E-state index in [0.29, 0.717) is 27.8 Å². The molecule has 3 aromatic carbocycles. The molecule has 0 radical (unpaired) electrons. The molecule has 0 aliphatic heterocycles. The van der Waals surface area contributed by atoms with Crippen LogP contribution in [0.15, 0.2) is 54.6 Å². The summed E-state index contributed by atoms with van der Waals surface area (Å²) in [6, 6.07) is 16.2. The van der Waals surface area contributed by atoms with Gasteiger partial charge in [-0.25, -0.2) is 0 Å². The number of methoxy groups -OCH3 is 2. The molecule has 0 N–H and O–H groups in total. The number of Topliss-reactive ketones (excluding diaryl/α,β-unsaturated/α-hetero) is 1. The minimum atomic E-state index is -0.153. The van der Waals surface area contributed by atoms with E-state index in [1.165, 1.54) is 7.11 Å². The average Bonchev–Trinajstić information content (AvgIpc) is 2.67. The van der Waals surface area contributed by atoms with Crippen molar-refractivity contribution in [3.63, 3.8) is 0 Å². The highest BCUT2D eigenvalue weighted by Crippen LogP contribution is 2.32. The molecule has 3 aromatic rings. The standard InChI is InChI=1S/C20H17ClO4/c1-23-19-9-7-13(11-20(19)24-2)17(22)12-25-18-10-8-16(21)14-5-3-4-6-15(14)18/h3-11H,12H2,1-2H3. The third-order valence-corrected chi connectivity index (χ3v) is 4.22. The Morgan fingerprint density at radius 3 is 2.28 bits per heavy atom. The van der Waals surface area contributed by atoms with Crippen LogP contribution >= 0.6 is 11.6 Å². The second-order valence-corrected chi connectivity index (χ2v) is 5.78. The summed E-state index contributed by atoms with van der Waals surface area (Å²) in [6.07, 6.45) is 0. The fourth-order valence-electron chi connectivity index (χ4n) is 2.60. The molecule has 0 saturated heterocycles. The molecule has 0 aliphatic carbocycles. The maximum atomic E-state index is 12.4. The predicted octanol–water partition coefficient (Wildman–Crippen LogP) is 4.77. The van der Waals surface area contributed by atoms with Gasteiger partial charge < -0.3 is 14.2 Å². The lowest BCUT2D eigenvalue weighted by Gasteiger charge is -2.11. The van der Waals surface area contributed by atoms with Crippen molar-refractivity contribution < 1.29 is 19.0 Å². The van der Waals surface area contributed by atoms with Crippen molar-refractivity contribution in [1.29, 1.82) is 0 Å². The number of carbonyl (C=O) groups is 1. The van der Waals surface area contributed by atoms with Crippen molar-refractivity contribution in [3.8, 4) is 17.2 Å². The summed E-state index contributed by atoms with van der Waals surface area (Å²) in [4.78, 5) is 12.4. The first-order chi connectivity index (χ1) is 12.1. The fraction of sp³-hybridized carbons (Fsp3) is 0.150. The van der Waals surface area contributed by atoms with Gasteiger partial charge in [0, 0.05) is 21.4 Å². The van der Waals surface area contributed by atoms with Gasteiger partial charge in [-0.1, -0.05) is 35.9 Å². The summed E-state index contributed by atoms with van der Waals surface area (Å²) in [5.74, 6) is 1.54. The van der Waals surface area contributed by atoms with Crippen LogP contribution in [0.1, 0.15) is 10.4 Å². The molecular formula is C20H17ClO4. The highest BCUT2D eigenvalue weighted by atomic mass is 35.5. The Morgan fingerprint density at radius 1 is 0.880 bits per heavy atom. The number of hydrogen-bond acceptors (Lipinski definition) is 4. The highest BCUT2D eigenvalue weighted by Gasteiger charge is 2.13. The summed E-state index contributed by atoms with van der Waals surface area (Å²) in [6.45, 7) is -0.0822. The minimum Gasteiger partial charge on any atom is -0.493 e. The van der Waals surface area contributed by atoms with E-state index in [2.05, 4.69) is 0 Å². The molecule has 0 atom stereocenters. The molecule has 0 unspecified atom stereocenters. The van der Waals surface area contributed by atoms with Gasteiger partial charge in [0.15, 0.2) is 23.9 Å². The normalized spacial score (nSPS) is 10.5. The van der Waals surface area contributed by atoms with Crippen molar-refractivity contribution in [2.24, 2.45) is 0 Å². The molecule has 25 heavy (non-hydrogen) atoms. The van der Waals surface area contributed by atoms with Crippen LogP contribution in [-0.4, -0.2) is 26.6 Å². The first kappa shape index (κ1) is 17.1. The fourth-order valence-corrected chi connectivity index (χ4v) is 2.82. The van der Waals surface area contributed by atoms with Gasteiger partial charge in [0.1, 0.15) is 5.75 Å². The number of hydrogen-bond donors (Lipinski definition) is 0. The van der Waals surface area contributed by atoms with E-state index in [-0.39, 0.29) is 12.4 Å². The topological polar surface area (TPSA) is 44.8 Å². The molecule has 0 aromatic heterocycles. The summed E-state index contributed by atoms with van der Waals surface area (Å²) in [7, 11) is 3.08. The molecule has 0 saturated carbocycles. The molecule has 0 fully saturated rings. The monoisotopic (exact) mass is 356 g/mol. The van der Waals surface area contributed by atoms with Crippen LogP contribution in [0, 0.1) is 0 Å². The zero-order valence-electron chi connectivity index (χ0n) is 13.9. The Labute approximate surface area is 150 Å². The van der Waals surface area contributed by atoms with Crippen LogP contribution in [0.3, 0.4) is 0 Å². The van der Waals surface area contributed by atoms with Gasteiger partial charge in [-0.3, -0.25) is 4.79 Å². The van der Waals surface area contributed by atoms with Crippen LogP contribution in [0.5, 0.6) is 17.2 Å². The third-order valence-electron chi connectivity index (χ3n) is 3.90. The zero-order chi connectivity index (χ0) is 17.8. The zero-order valence-corrected chi connectivity index (χ0v) is 14.7. The molecule has 5 heteroatoms. The van der Waals surface area contributed by atoms with Crippen LogP contribution in [0.4, 0.5) is 0 Å². The molecule has 0 bridgehead atoms. The van der Waals surface area contributed by atoms with Gasteiger partial charge in [0.25, 0.3) is 0 Å². The maximum Gasteiger partial charge on any atom is 0.200 e. The van der Waals surface area contributed by atoms with Gasteiger partial charge in [0.2, 0.25) is 0 Å². The lowest BCUT2D eigenvalue weighted by atomic mass is 10.1. The van der Waals surface area contributed by atoms with E-state index < -0.39 is 0 Å². The van der Waals surface area contributed by atoms with Crippen molar-refractivity contribution >= 4 is 28.2 Å². The van der Waals surface area contributed by atoms with Crippen LogP contribution < -0.4 is 14.2 Å². The van der Waals surface area contributed by atoms with Gasteiger partial charge in [0.05, 0.1) is 14.2 Å². The summed E-state index contributed by atoms with van der Waals surface area (Å²) < 4.78 is 16.1. The Hall–Kier alpha value is -2.72. The first-order valence-corrected chi connectivity index (χ1v) is 8.07. The Balaban J connectivity index is 1.80. The predicted molar refractivity (Wildman–Crippen MR) is 98.3 cm³/mol. The molecule has 0 aliphatic rings. The quantitative estimate of drug-likeness (QED) is 0.597. The van der Waals surface area contributed by atoms with Crippen LogP contribution in [0.25, 0.3) is 10.8 Å². The van der Waals surface area contributed by atoms with Crippen molar-refractivity contribution in [1.82, 2.24) is 0 Å². The maximum absolute atomic E-state index is 12.4. The van der Waals surface area contributed by atoms with Crippen LogP contribution in [0.2, 0.25) is 5.02 Å². The van der Waals surface area contributed by atoms with E-state index >= 15 is 0 Å². The van der Waals surface area contributed by atoms with E-state index in [9.17, 15) is 4.79 Å². The largest absolute Gasteiger partial charge is 0.493 e. The van der Waals surface area contributed by atoms with Gasteiger partial charge >= 0.3 is 0 Å². The lowest BCUT2D eigenvalue weighted by molar-refractivity contribution is 0.0922. The second-order valence-electron chi connectivity index (χ2n) is 5.37. The number of rotatable bonds is 6. The molecule has 128 valence electrons. The second kappa shape index (κ2) is 7.45. The number of fused-ring (bicyclic) bond motifs is 1. The SMILES string of the molecule is COc1ccc(C(=O)COc2ccc(Cl)c3ccccc23)cc1OC. The average molecular weight is 357 g/mol. The third kappa shape index (κ3) is 3.54. The Kier molecular flexibility index (Phi) is 5.10. The first-order valence-electron chi connectivity index (χ1n) is 7.69. The number of carbonyl (C=O) groups excluding carboxylic acids is 1. The van der Waals surface area contributed by atoms with Gasteiger partial charge in [-0.2, -0.15) is 0 Å². The molecular weight excluding hydrogens is 340 g/mol. The van der Waals surface area contributed by atoms with Crippen molar-refractivity contribution in [2.45, 2.75) is 0 Å². The van der Waals surface area contributed by atoms with E-state index in [4.69, 9.17) is 25.8 Å². The smallest absolute Gasteiger partial charge is 0.200 e. The minimum absolute atomic E-state index is 0.0822. The lowest BCUT2D eigenvalue weighted by Crippen LogP contribution is -2.12. The summed E-state index contributed by atoms with van der Waals surface area (Å²) in [5.41, 5.74) is 0.496. The molecule has 0 spiro atoms. The van der Waals surface area contributed by atoms with Gasteiger partial charge in [-0.15, -0.1) is 0 Å². The van der Waals surface area contributed by atoms with E-state index in [0.717, 1.165) is 10.8 Å². The molecule has 3 rings (SSSR count). The number of benzene rings is 3. The highest BCUT2D eigenvalue weighted by molar-refractivity contribution is 6.35.